The predicted octanol–water partition coefficient (Wildman–Crippen LogP) is 1.61. The Labute approximate surface area is 198 Å². The maximum atomic E-state index is 14.2. The zero-order valence-corrected chi connectivity index (χ0v) is 19.4. The number of fused-ring (bicyclic) bond motifs is 2. The molecule has 6 atom stereocenters. The van der Waals surface area contributed by atoms with Gasteiger partial charge in [-0.05, 0) is 25.8 Å². The first kappa shape index (κ1) is 22.8. The minimum absolute atomic E-state index is 0.104. The minimum atomic E-state index is -1.33. The molecule has 34 heavy (non-hydrogen) atoms. The van der Waals surface area contributed by atoms with Gasteiger partial charge in [-0.3, -0.25) is 14.4 Å². The van der Waals surface area contributed by atoms with Gasteiger partial charge < -0.3 is 24.4 Å². The summed E-state index contributed by atoms with van der Waals surface area (Å²) >= 11 is 0. The van der Waals surface area contributed by atoms with Crippen molar-refractivity contribution in [3.05, 3.63) is 60.2 Å². The summed E-state index contributed by atoms with van der Waals surface area (Å²) in [5.74, 6) is -2.92. The number of aliphatic hydroxyl groups is 1. The number of esters is 1. The van der Waals surface area contributed by atoms with Crippen LogP contribution in [0.25, 0.3) is 0 Å². The predicted molar refractivity (Wildman–Crippen MR) is 122 cm³/mol. The number of likely N-dealkylation sites (tertiary alicyclic amines) is 1. The van der Waals surface area contributed by atoms with Crippen LogP contribution in [-0.4, -0.2) is 76.2 Å². The third-order valence-electron chi connectivity index (χ3n) is 7.41. The van der Waals surface area contributed by atoms with Crippen LogP contribution in [0.3, 0.4) is 0 Å². The summed E-state index contributed by atoms with van der Waals surface area (Å²) in [6.45, 7) is 4.09. The number of ether oxygens (including phenoxy) is 2. The summed E-state index contributed by atoms with van der Waals surface area (Å²) in [5, 5.41) is 10.4. The molecule has 0 bridgehead atoms. The molecule has 0 aromatic heterocycles. The number of rotatable bonds is 4. The Morgan fingerprint density at radius 1 is 1.12 bits per heavy atom. The molecule has 4 aliphatic heterocycles. The second kappa shape index (κ2) is 8.67. The van der Waals surface area contributed by atoms with Gasteiger partial charge in [0, 0.05) is 12.6 Å². The number of nitrogens with zero attached hydrogens (tertiary/aromatic N) is 2. The van der Waals surface area contributed by atoms with Crippen molar-refractivity contribution in [3.63, 3.8) is 0 Å². The number of cyclic esters (lactones) is 1. The molecule has 2 amide bonds. The summed E-state index contributed by atoms with van der Waals surface area (Å²) in [7, 11) is 0. The molecule has 1 aromatic carbocycles. The summed E-state index contributed by atoms with van der Waals surface area (Å²) < 4.78 is 12.0. The van der Waals surface area contributed by atoms with E-state index in [0.29, 0.717) is 18.5 Å². The number of carbonyl (C=O) groups excluding carboxylic acids is 3. The first-order valence-electron chi connectivity index (χ1n) is 11.9. The normalized spacial score (nSPS) is 33.7. The van der Waals surface area contributed by atoms with E-state index in [1.807, 2.05) is 62.4 Å². The number of hydrogen-bond donors (Lipinski definition) is 1. The molecule has 4 aliphatic rings. The van der Waals surface area contributed by atoms with Crippen LogP contribution in [0.4, 0.5) is 0 Å². The molecular formula is C26H30N2O6. The van der Waals surface area contributed by atoms with E-state index in [0.717, 1.165) is 0 Å². The molecule has 5 rings (SSSR count). The van der Waals surface area contributed by atoms with Gasteiger partial charge in [-0.15, -0.1) is 0 Å². The van der Waals surface area contributed by atoms with Crippen LogP contribution >= 0.6 is 0 Å². The zero-order valence-electron chi connectivity index (χ0n) is 19.4. The Morgan fingerprint density at radius 2 is 1.88 bits per heavy atom. The average Bonchev–Trinajstić information content (AvgIpc) is 3.19. The molecule has 8 nitrogen and oxygen atoms in total. The van der Waals surface area contributed by atoms with Crippen molar-refractivity contribution in [1.82, 2.24) is 9.80 Å². The lowest BCUT2D eigenvalue weighted by molar-refractivity contribution is -0.157. The summed E-state index contributed by atoms with van der Waals surface area (Å²) in [6.07, 6.45) is 7.26. The van der Waals surface area contributed by atoms with Gasteiger partial charge in [-0.25, -0.2) is 0 Å². The fourth-order valence-electron chi connectivity index (χ4n) is 5.89. The molecule has 0 saturated carbocycles. The van der Waals surface area contributed by atoms with Crippen LogP contribution in [0.15, 0.2) is 54.6 Å². The lowest BCUT2D eigenvalue weighted by Crippen LogP contribution is -2.57. The van der Waals surface area contributed by atoms with Crippen molar-refractivity contribution in [2.45, 2.75) is 50.1 Å². The van der Waals surface area contributed by atoms with Gasteiger partial charge in [0.05, 0.1) is 31.3 Å². The maximum Gasteiger partial charge on any atom is 0.312 e. The van der Waals surface area contributed by atoms with E-state index >= 15 is 0 Å². The second-order valence-corrected chi connectivity index (χ2v) is 9.57. The smallest absolute Gasteiger partial charge is 0.312 e. The molecule has 1 spiro atoms. The van der Waals surface area contributed by atoms with Crippen LogP contribution in [0.2, 0.25) is 0 Å². The summed E-state index contributed by atoms with van der Waals surface area (Å²) in [5.41, 5.74) is -0.620. The van der Waals surface area contributed by atoms with Crippen LogP contribution in [0, 0.1) is 11.8 Å². The highest BCUT2D eigenvalue weighted by atomic mass is 16.6. The molecule has 0 aliphatic carbocycles. The Balaban J connectivity index is 1.68. The second-order valence-electron chi connectivity index (χ2n) is 9.57. The number of benzene rings is 1. The van der Waals surface area contributed by atoms with E-state index in [9.17, 15) is 19.5 Å². The van der Waals surface area contributed by atoms with Crippen molar-refractivity contribution in [3.8, 4) is 0 Å². The van der Waals surface area contributed by atoms with Crippen molar-refractivity contribution in [2.24, 2.45) is 11.8 Å². The largest absolute Gasteiger partial charge is 0.465 e. The van der Waals surface area contributed by atoms with Crippen molar-refractivity contribution >= 4 is 17.8 Å². The molecule has 8 heteroatoms. The summed E-state index contributed by atoms with van der Waals surface area (Å²) in [4.78, 5) is 44.4. The third kappa shape index (κ3) is 3.31. The number of carbonyl (C=O) groups is 3. The lowest BCUT2D eigenvalue weighted by atomic mass is 9.77. The average molecular weight is 467 g/mol. The van der Waals surface area contributed by atoms with E-state index in [2.05, 4.69) is 0 Å². The quantitative estimate of drug-likeness (QED) is 0.535. The monoisotopic (exact) mass is 466 g/mol. The molecular weight excluding hydrogens is 436 g/mol. The van der Waals surface area contributed by atoms with Gasteiger partial charge in [-0.2, -0.15) is 0 Å². The fourth-order valence-corrected chi connectivity index (χ4v) is 5.89. The Kier molecular flexibility index (Phi) is 5.81. The van der Waals surface area contributed by atoms with Gasteiger partial charge in [0.15, 0.2) is 0 Å². The van der Waals surface area contributed by atoms with Crippen molar-refractivity contribution < 1.29 is 29.0 Å². The Bertz CT molecular complexity index is 1040. The van der Waals surface area contributed by atoms with Crippen LogP contribution < -0.4 is 0 Å². The summed E-state index contributed by atoms with van der Waals surface area (Å²) in [6, 6.07) is 7.27. The molecule has 0 radical (unpaired) electrons. The lowest BCUT2D eigenvalue weighted by Gasteiger charge is -2.39. The van der Waals surface area contributed by atoms with E-state index in [1.54, 1.807) is 11.0 Å². The SMILES string of the molecule is CC(C)N1CC=C[C@]23O[C@@H]4C=CCCOC(=O)[C@@H]4[C@H]2C(=O)N([C@H](CO)c2ccccc2)C3C1=O. The first-order chi connectivity index (χ1) is 16.4. The van der Waals surface area contributed by atoms with E-state index in [4.69, 9.17) is 9.47 Å². The maximum absolute atomic E-state index is 14.2. The highest BCUT2D eigenvalue weighted by Gasteiger charge is 2.72. The third-order valence-corrected chi connectivity index (χ3v) is 7.41. The van der Waals surface area contributed by atoms with Gasteiger partial charge >= 0.3 is 5.97 Å². The Hall–Kier alpha value is -2.97. The first-order valence-corrected chi connectivity index (χ1v) is 11.9. The molecule has 1 aromatic rings. The molecule has 4 heterocycles. The zero-order chi connectivity index (χ0) is 24.0. The van der Waals surface area contributed by atoms with E-state index in [1.165, 1.54) is 4.90 Å². The highest BCUT2D eigenvalue weighted by molar-refractivity contribution is 5.99. The number of hydrogen-bond acceptors (Lipinski definition) is 6. The topological polar surface area (TPSA) is 96.4 Å². The van der Waals surface area contributed by atoms with E-state index < -0.39 is 41.6 Å². The Morgan fingerprint density at radius 3 is 2.59 bits per heavy atom. The molecule has 1 N–H and O–H groups in total. The highest BCUT2D eigenvalue weighted by Crippen LogP contribution is 2.55. The van der Waals surface area contributed by atoms with Crippen LogP contribution in [0.5, 0.6) is 0 Å². The minimum Gasteiger partial charge on any atom is -0.465 e. The van der Waals surface area contributed by atoms with Crippen molar-refractivity contribution in [1.29, 1.82) is 0 Å². The van der Waals surface area contributed by atoms with Crippen LogP contribution in [0.1, 0.15) is 31.9 Å². The van der Waals surface area contributed by atoms with Gasteiger partial charge in [0.2, 0.25) is 11.8 Å². The van der Waals surface area contributed by atoms with Gasteiger partial charge in [0.1, 0.15) is 17.6 Å². The molecule has 180 valence electrons. The molecule has 2 fully saturated rings. The standard InChI is InChI=1S/C26H30N2O6/c1-16(2)27-13-8-12-26-21(20-19(34-26)11-6-7-14-33-25(20)32)23(30)28(22(26)24(27)31)18(15-29)17-9-4-3-5-10-17/h3-6,8-12,16,18-22,29H,7,13-15H2,1-2H3/t18-,19-,20+,21+,22?,26+/m1/s1. The fraction of sp³-hybridized carbons (Fsp3) is 0.500. The number of amides is 2. The van der Waals surface area contributed by atoms with Crippen LogP contribution in [-0.2, 0) is 23.9 Å². The van der Waals surface area contributed by atoms with Gasteiger partial charge in [0.25, 0.3) is 0 Å². The van der Waals surface area contributed by atoms with Crippen molar-refractivity contribution in [2.75, 3.05) is 19.8 Å². The van der Waals surface area contributed by atoms with E-state index in [-0.39, 0.29) is 31.1 Å². The van der Waals surface area contributed by atoms with Gasteiger partial charge in [-0.1, -0.05) is 54.6 Å². The number of aliphatic hydroxyl groups excluding tert-OH is 1. The molecule has 2 saturated heterocycles. The molecule has 1 unspecified atom stereocenters.